The van der Waals surface area contributed by atoms with Crippen LogP contribution in [0.15, 0.2) is 42.5 Å². The summed E-state index contributed by atoms with van der Waals surface area (Å²) in [7, 11) is 0. The number of nitrogens with zero attached hydrogens (tertiary/aromatic N) is 2. The second-order valence-corrected chi connectivity index (χ2v) is 7.01. The van der Waals surface area contributed by atoms with Crippen molar-refractivity contribution in [3.63, 3.8) is 0 Å². The van der Waals surface area contributed by atoms with Crippen LogP contribution in [0.1, 0.15) is 22.5 Å². The molecular formula is C21H22ClN3O2. The fourth-order valence-electron chi connectivity index (χ4n) is 3.35. The number of hydrogen-bond acceptors (Lipinski definition) is 4. The Bertz CT molecular complexity index is 954. The predicted octanol–water partition coefficient (Wildman–Crippen LogP) is 4.20. The number of benzene rings is 2. The van der Waals surface area contributed by atoms with Crippen LogP contribution in [0, 0.1) is 13.8 Å². The number of ether oxygens (including phenoxy) is 2. The summed E-state index contributed by atoms with van der Waals surface area (Å²) in [6.45, 7) is 6.66. The Morgan fingerprint density at radius 3 is 2.67 bits per heavy atom. The van der Waals surface area contributed by atoms with Crippen LogP contribution in [-0.4, -0.2) is 23.0 Å². The summed E-state index contributed by atoms with van der Waals surface area (Å²) in [6.07, 6.45) is 0. The Labute approximate surface area is 163 Å². The van der Waals surface area contributed by atoms with Gasteiger partial charge in [0.2, 0.25) is 0 Å². The van der Waals surface area contributed by atoms with E-state index in [0.29, 0.717) is 30.5 Å². The molecule has 1 aliphatic rings. The number of rotatable bonds is 5. The molecule has 140 valence electrons. The van der Waals surface area contributed by atoms with Gasteiger partial charge in [0.25, 0.3) is 0 Å². The highest BCUT2D eigenvalue weighted by Crippen LogP contribution is 2.38. The zero-order valence-corrected chi connectivity index (χ0v) is 16.2. The zero-order valence-electron chi connectivity index (χ0n) is 15.5. The van der Waals surface area contributed by atoms with Crippen LogP contribution in [0.4, 0.5) is 0 Å². The van der Waals surface area contributed by atoms with Crippen LogP contribution in [0.5, 0.6) is 11.5 Å². The molecule has 0 saturated carbocycles. The molecule has 0 spiro atoms. The molecule has 1 aliphatic heterocycles. The second-order valence-electron chi connectivity index (χ2n) is 6.60. The molecule has 27 heavy (non-hydrogen) atoms. The topological polar surface area (TPSA) is 48.3 Å². The maximum absolute atomic E-state index is 6.32. The van der Waals surface area contributed by atoms with Crippen LogP contribution in [0.3, 0.4) is 0 Å². The van der Waals surface area contributed by atoms with E-state index in [1.165, 1.54) is 5.56 Å². The Kier molecular flexibility index (Phi) is 5.05. The lowest BCUT2D eigenvalue weighted by molar-refractivity contribution is 0.171. The van der Waals surface area contributed by atoms with Gasteiger partial charge in [-0.2, -0.15) is 5.10 Å². The number of halogens is 1. The van der Waals surface area contributed by atoms with E-state index >= 15 is 0 Å². The number of nitrogens with one attached hydrogen (secondary N) is 1. The molecule has 1 aromatic heterocycles. The van der Waals surface area contributed by atoms with Gasteiger partial charge in [0, 0.05) is 24.3 Å². The molecule has 0 saturated heterocycles. The molecule has 0 bridgehead atoms. The minimum atomic E-state index is 0.536. The molecule has 4 rings (SSSR count). The van der Waals surface area contributed by atoms with Gasteiger partial charge in [-0.1, -0.05) is 29.8 Å². The number of hydrogen-bond donors (Lipinski definition) is 1. The van der Waals surface area contributed by atoms with Crippen molar-refractivity contribution in [2.24, 2.45) is 0 Å². The van der Waals surface area contributed by atoms with Gasteiger partial charge in [-0.3, -0.25) is 0 Å². The minimum absolute atomic E-state index is 0.536. The van der Waals surface area contributed by atoms with Gasteiger partial charge in [-0.15, -0.1) is 0 Å². The molecule has 3 aromatic rings. The Morgan fingerprint density at radius 1 is 1.07 bits per heavy atom. The van der Waals surface area contributed by atoms with E-state index in [1.807, 2.05) is 41.9 Å². The number of fused-ring (bicyclic) bond motifs is 1. The smallest absolute Gasteiger partial charge is 0.179 e. The first-order valence-electron chi connectivity index (χ1n) is 9.02. The third-order valence-corrected chi connectivity index (χ3v) is 5.01. The summed E-state index contributed by atoms with van der Waals surface area (Å²) in [5, 5.41) is 8.78. The minimum Gasteiger partial charge on any atom is -0.486 e. The van der Waals surface area contributed by atoms with Gasteiger partial charge < -0.3 is 14.8 Å². The van der Waals surface area contributed by atoms with Gasteiger partial charge in [-0.25, -0.2) is 4.68 Å². The number of para-hydroxylation sites is 1. The molecular weight excluding hydrogens is 362 g/mol. The Hall–Kier alpha value is -2.50. The van der Waals surface area contributed by atoms with Crippen molar-refractivity contribution in [3.05, 3.63) is 70.0 Å². The van der Waals surface area contributed by atoms with Gasteiger partial charge in [0.05, 0.1) is 16.4 Å². The molecule has 0 aliphatic carbocycles. The summed E-state index contributed by atoms with van der Waals surface area (Å²) in [5.41, 5.74) is 5.52. The Morgan fingerprint density at radius 2 is 1.85 bits per heavy atom. The van der Waals surface area contributed by atoms with E-state index < -0.39 is 0 Å². The first-order valence-corrected chi connectivity index (χ1v) is 9.40. The maximum atomic E-state index is 6.32. The largest absolute Gasteiger partial charge is 0.486 e. The SMILES string of the molecule is Cc1nn(-c2ccccc2)c(C)c1CNCc1cc(Cl)c2c(c1)OCCO2. The van der Waals surface area contributed by atoms with Crippen LogP contribution < -0.4 is 14.8 Å². The predicted molar refractivity (Wildman–Crippen MR) is 106 cm³/mol. The van der Waals surface area contributed by atoms with Crippen molar-refractivity contribution in [2.45, 2.75) is 26.9 Å². The third-order valence-electron chi connectivity index (χ3n) is 4.73. The van der Waals surface area contributed by atoms with Crippen LogP contribution in [0.25, 0.3) is 5.69 Å². The molecule has 0 radical (unpaired) electrons. The summed E-state index contributed by atoms with van der Waals surface area (Å²) in [5.74, 6) is 1.36. The van der Waals surface area contributed by atoms with E-state index in [2.05, 4.69) is 24.4 Å². The quantitative estimate of drug-likeness (QED) is 0.717. The van der Waals surface area contributed by atoms with Crippen LogP contribution in [0.2, 0.25) is 5.02 Å². The average molecular weight is 384 g/mol. The molecule has 0 unspecified atom stereocenters. The number of aryl methyl sites for hydroxylation is 1. The fraction of sp³-hybridized carbons (Fsp3) is 0.286. The van der Waals surface area contributed by atoms with E-state index in [1.54, 1.807) is 0 Å². The fourth-order valence-corrected chi connectivity index (χ4v) is 3.64. The van der Waals surface area contributed by atoms with Gasteiger partial charge in [-0.05, 0) is 43.7 Å². The lowest BCUT2D eigenvalue weighted by atomic mass is 10.1. The highest BCUT2D eigenvalue weighted by Gasteiger charge is 2.17. The lowest BCUT2D eigenvalue weighted by Crippen LogP contribution is -2.17. The van der Waals surface area contributed by atoms with Crippen LogP contribution in [-0.2, 0) is 13.1 Å². The first kappa shape index (κ1) is 17.9. The standard InChI is InChI=1S/C21H22ClN3O2/c1-14-18(15(2)25(24-14)17-6-4-3-5-7-17)13-23-12-16-10-19(22)21-20(11-16)26-8-9-27-21/h3-7,10-11,23H,8-9,12-13H2,1-2H3. The molecule has 0 atom stereocenters. The average Bonchev–Trinajstić information content (AvgIpc) is 2.97. The molecule has 2 aromatic carbocycles. The van der Waals surface area contributed by atoms with Gasteiger partial charge in [0.15, 0.2) is 11.5 Å². The normalized spacial score (nSPS) is 13.0. The molecule has 5 nitrogen and oxygen atoms in total. The molecule has 6 heteroatoms. The van der Waals surface area contributed by atoms with Crippen molar-refractivity contribution in [1.82, 2.24) is 15.1 Å². The van der Waals surface area contributed by atoms with Gasteiger partial charge in [0.1, 0.15) is 13.2 Å². The van der Waals surface area contributed by atoms with E-state index in [0.717, 1.165) is 34.9 Å². The highest BCUT2D eigenvalue weighted by molar-refractivity contribution is 6.32. The summed E-state index contributed by atoms with van der Waals surface area (Å²) < 4.78 is 13.2. The zero-order chi connectivity index (χ0) is 18.8. The maximum Gasteiger partial charge on any atom is 0.179 e. The van der Waals surface area contributed by atoms with E-state index in [4.69, 9.17) is 26.2 Å². The molecule has 2 heterocycles. The van der Waals surface area contributed by atoms with E-state index in [9.17, 15) is 0 Å². The molecule has 0 amide bonds. The highest BCUT2D eigenvalue weighted by atomic mass is 35.5. The van der Waals surface area contributed by atoms with E-state index in [-0.39, 0.29) is 0 Å². The van der Waals surface area contributed by atoms with Crippen LogP contribution >= 0.6 is 11.6 Å². The lowest BCUT2D eigenvalue weighted by Gasteiger charge is -2.20. The van der Waals surface area contributed by atoms with Crippen molar-refractivity contribution in [3.8, 4) is 17.2 Å². The summed E-state index contributed by atoms with van der Waals surface area (Å²) in [6, 6.07) is 14.1. The van der Waals surface area contributed by atoms with Crippen molar-refractivity contribution in [2.75, 3.05) is 13.2 Å². The Balaban J connectivity index is 1.47. The van der Waals surface area contributed by atoms with Crippen molar-refractivity contribution in [1.29, 1.82) is 0 Å². The third kappa shape index (κ3) is 3.66. The van der Waals surface area contributed by atoms with Crippen molar-refractivity contribution < 1.29 is 9.47 Å². The van der Waals surface area contributed by atoms with Crippen molar-refractivity contribution >= 4 is 11.6 Å². The summed E-state index contributed by atoms with van der Waals surface area (Å²) in [4.78, 5) is 0. The molecule has 0 fully saturated rings. The first-order chi connectivity index (χ1) is 13.1. The van der Waals surface area contributed by atoms with Gasteiger partial charge >= 0.3 is 0 Å². The molecule has 1 N–H and O–H groups in total. The summed E-state index contributed by atoms with van der Waals surface area (Å²) >= 11 is 6.32. The monoisotopic (exact) mass is 383 g/mol. The second kappa shape index (κ2) is 7.62. The number of aromatic nitrogens is 2.